The maximum absolute atomic E-state index is 12.4. The Morgan fingerprint density at radius 3 is 2.22 bits per heavy atom. The third-order valence-corrected chi connectivity index (χ3v) is 5.37. The number of fused-ring (bicyclic) bond motifs is 1. The van der Waals surface area contributed by atoms with E-state index in [4.69, 9.17) is 11.6 Å². The summed E-state index contributed by atoms with van der Waals surface area (Å²) in [6, 6.07) is 12.8. The molecule has 0 aromatic heterocycles. The second-order valence-electron chi connectivity index (χ2n) is 4.77. The first-order valence-electron chi connectivity index (χ1n) is 6.50. The van der Waals surface area contributed by atoms with Crippen LogP contribution in [0.4, 0.5) is 0 Å². The maximum Gasteiger partial charge on any atom is 0.282 e. The number of hydrogen-bond donors (Lipinski definition) is 0. The number of benzene rings is 2. The van der Waals surface area contributed by atoms with E-state index in [0.717, 1.165) is 4.47 Å². The van der Waals surface area contributed by atoms with Crippen molar-refractivity contribution < 1.29 is 13.2 Å². The molecule has 0 aliphatic heterocycles. The average Bonchev–Trinajstić information content (AvgIpc) is 2.52. The first-order chi connectivity index (χ1) is 10.9. The van der Waals surface area contributed by atoms with Crippen molar-refractivity contribution in [3.8, 4) is 0 Å². The van der Waals surface area contributed by atoms with Crippen molar-refractivity contribution in [1.82, 2.24) is 0 Å². The first kappa shape index (κ1) is 16.1. The Kier molecular flexibility index (Phi) is 4.23. The molecule has 116 valence electrons. The molecule has 0 saturated heterocycles. The smallest absolute Gasteiger partial charge is 0.282 e. The third-order valence-electron chi connectivity index (χ3n) is 3.26. The topological polar surface area (TPSA) is 63.6 Å². The summed E-state index contributed by atoms with van der Waals surface area (Å²) in [6.45, 7) is 0. The van der Waals surface area contributed by atoms with Gasteiger partial charge in [0.25, 0.3) is 10.0 Å². The zero-order valence-corrected chi connectivity index (χ0v) is 14.7. The summed E-state index contributed by atoms with van der Waals surface area (Å²) in [7, 11) is -3.91. The Morgan fingerprint density at radius 1 is 0.957 bits per heavy atom. The lowest BCUT2D eigenvalue weighted by atomic mass is 9.94. The van der Waals surface area contributed by atoms with E-state index < -0.39 is 10.0 Å². The molecule has 0 spiro atoms. The van der Waals surface area contributed by atoms with Crippen LogP contribution in [0.15, 0.2) is 73.4 Å². The van der Waals surface area contributed by atoms with Gasteiger partial charge in [-0.2, -0.15) is 12.8 Å². The fourth-order valence-electron chi connectivity index (χ4n) is 2.16. The van der Waals surface area contributed by atoms with Crippen molar-refractivity contribution in [1.29, 1.82) is 0 Å². The van der Waals surface area contributed by atoms with E-state index in [1.165, 1.54) is 18.2 Å². The van der Waals surface area contributed by atoms with Crippen LogP contribution < -0.4 is 0 Å². The van der Waals surface area contributed by atoms with Gasteiger partial charge in [-0.3, -0.25) is 4.79 Å². The number of halogens is 2. The van der Waals surface area contributed by atoms with Gasteiger partial charge in [0.1, 0.15) is 0 Å². The molecule has 7 heteroatoms. The highest BCUT2D eigenvalue weighted by atomic mass is 79.9. The molecule has 3 rings (SSSR count). The van der Waals surface area contributed by atoms with Crippen molar-refractivity contribution >= 4 is 49.0 Å². The van der Waals surface area contributed by atoms with E-state index in [9.17, 15) is 13.2 Å². The zero-order chi connectivity index (χ0) is 16.6. The molecule has 0 fully saturated rings. The summed E-state index contributed by atoms with van der Waals surface area (Å²) in [5.74, 6) is -0.345. The van der Waals surface area contributed by atoms with Crippen LogP contribution >= 0.6 is 27.5 Å². The molecule has 0 amide bonds. The molecule has 0 saturated carbocycles. The van der Waals surface area contributed by atoms with Crippen LogP contribution in [-0.2, 0) is 10.0 Å². The molecule has 0 N–H and O–H groups in total. The summed E-state index contributed by atoms with van der Waals surface area (Å²) in [5.41, 5.74) is 0.931. The number of hydrogen-bond acceptors (Lipinski definition) is 3. The van der Waals surface area contributed by atoms with Crippen molar-refractivity contribution in [2.75, 3.05) is 0 Å². The SMILES string of the molecule is O=C1C(Cl)=C/C(=N\S(=O)(=O)c2ccc(Br)cc2)c2ccccc21. The quantitative estimate of drug-likeness (QED) is 0.753. The zero-order valence-electron chi connectivity index (χ0n) is 11.5. The van der Waals surface area contributed by atoms with Crippen molar-refractivity contribution in [2.45, 2.75) is 4.90 Å². The monoisotopic (exact) mass is 409 g/mol. The number of ketones is 1. The molecule has 0 atom stereocenters. The van der Waals surface area contributed by atoms with Crippen molar-refractivity contribution in [3.05, 3.63) is 75.2 Å². The van der Waals surface area contributed by atoms with E-state index in [-0.39, 0.29) is 21.4 Å². The predicted octanol–water partition coefficient (Wildman–Crippen LogP) is 3.95. The van der Waals surface area contributed by atoms with Gasteiger partial charge in [0.2, 0.25) is 5.78 Å². The van der Waals surface area contributed by atoms with E-state index in [2.05, 4.69) is 20.3 Å². The van der Waals surface area contributed by atoms with Gasteiger partial charge in [0.05, 0.1) is 15.6 Å². The second-order valence-corrected chi connectivity index (χ2v) is 7.70. The van der Waals surface area contributed by atoms with Gasteiger partial charge in [-0.25, -0.2) is 0 Å². The summed E-state index contributed by atoms with van der Waals surface area (Å²) in [4.78, 5) is 12.1. The van der Waals surface area contributed by atoms with Gasteiger partial charge in [0.15, 0.2) is 0 Å². The van der Waals surface area contributed by atoms with Gasteiger partial charge in [-0.1, -0.05) is 51.8 Å². The van der Waals surface area contributed by atoms with Crippen molar-refractivity contribution in [3.63, 3.8) is 0 Å². The van der Waals surface area contributed by atoms with Crippen LogP contribution in [0.3, 0.4) is 0 Å². The lowest BCUT2D eigenvalue weighted by Crippen LogP contribution is -2.16. The molecule has 4 nitrogen and oxygen atoms in total. The van der Waals surface area contributed by atoms with Crippen molar-refractivity contribution in [2.24, 2.45) is 4.40 Å². The minimum atomic E-state index is -3.91. The van der Waals surface area contributed by atoms with Gasteiger partial charge in [-0.05, 0) is 30.3 Å². The molecule has 23 heavy (non-hydrogen) atoms. The maximum atomic E-state index is 12.4. The Balaban J connectivity index is 2.15. The van der Waals surface area contributed by atoms with Crippen LogP contribution in [0, 0.1) is 0 Å². The molecule has 2 aromatic carbocycles. The number of allylic oxidation sites excluding steroid dienone is 2. The fraction of sp³-hybridized carbons (Fsp3) is 0. The van der Waals surface area contributed by atoms with E-state index in [1.807, 2.05) is 0 Å². The number of rotatable bonds is 2. The number of carbonyl (C=O) groups excluding carboxylic acids is 1. The molecule has 1 aliphatic carbocycles. The third kappa shape index (κ3) is 3.15. The lowest BCUT2D eigenvalue weighted by Gasteiger charge is -2.14. The molecule has 2 aromatic rings. The summed E-state index contributed by atoms with van der Waals surface area (Å²) < 4.78 is 29.5. The number of nitrogens with zero attached hydrogens (tertiary/aromatic N) is 1. The molecular weight excluding hydrogens is 402 g/mol. The van der Waals surface area contributed by atoms with E-state index in [0.29, 0.717) is 11.1 Å². The van der Waals surface area contributed by atoms with Crippen LogP contribution in [0.1, 0.15) is 15.9 Å². The molecule has 0 bridgehead atoms. The normalized spacial score (nSPS) is 16.2. The summed E-state index contributed by atoms with van der Waals surface area (Å²) in [5, 5.41) is -0.0616. The minimum Gasteiger partial charge on any atom is -0.288 e. The number of sulfonamides is 1. The van der Waals surface area contributed by atoms with Crippen LogP contribution in [-0.4, -0.2) is 19.9 Å². The Labute approximate surface area is 146 Å². The Hall–Kier alpha value is -1.76. The molecule has 0 unspecified atom stereocenters. The lowest BCUT2D eigenvalue weighted by molar-refractivity contribution is 0.104. The highest BCUT2D eigenvalue weighted by Crippen LogP contribution is 2.25. The fourth-order valence-corrected chi connectivity index (χ4v) is 3.63. The molecular formula is C16H9BrClNO3S. The van der Waals surface area contributed by atoms with Crippen LogP contribution in [0.2, 0.25) is 0 Å². The van der Waals surface area contributed by atoms with Gasteiger partial charge in [0, 0.05) is 15.6 Å². The van der Waals surface area contributed by atoms with Gasteiger partial charge in [-0.15, -0.1) is 0 Å². The summed E-state index contributed by atoms with van der Waals surface area (Å²) in [6.07, 6.45) is 1.28. The predicted molar refractivity (Wildman–Crippen MR) is 92.6 cm³/mol. The Bertz CT molecular complexity index is 963. The Morgan fingerprint density at radius 2 is 1.57 bits per heavy atom. The van der Waals surface area contributed by atoms with E-state index >= 15 is 0 Å². The second kappa shape index (κ2) is 6.03. The average molecular weight is 411 g/mol. The molecule has 1 aliphatic rings. The van der Waals surface area contributed by atoms with Crippen LogP contribution in [0.25, 0.3) is 0 Å². The van der Waals surface area contributed by atoms with Gasteiger partial charge >= 0.3 is 0 Å². The summed E-state index contributed by atoms with van der Waals surface area (Å²) >= 11 is 9.17. The number of carbonyl (C=O) groups is 1. The highest BCUT2D eigenvalue weighted by Gasteiger charge is 2.24. The highest BCUT2D eigenvalue weighted by molar-refractivity contribution is 9.10. The van der Waals surface area contributed by atoms with E-state index in [1.54, 1.807) is 36.4 Å². The minimum absolute atomic E-state index is 0.0616. The standard InChI is InChI=1S/C16H9BrClNO3S/c17-10-5-7-11(8-6-10)23(21,22)19-15-9-14(18)16(20)13-4-2-1-3-12(13)15/h1-9H/b19-15+. The first-order valence-corrected chi connectivity index (χ1v) is 9.11. The number of Topliss-reactive ketones (excluding diaryl/α,β-unsaturated/α-hetero) is 1. The van der Waals surface area contributed by atoms with Crippen LogP contribution in [0.5, 0.6) is 0 Å². The molecule has 0 radical (unpaired) electrons. The van der Waals surface area contributed by atoms with Gasteiger partial charge < -0.3 is 0 Å². The largest absolute Gasteiger partial charge is 0.288 e. The molecule has 0 heterocycles.